The Labute approximate surface area is 164 Å². The number of nitrogens with zero attached hydrogens (tertiary/aromatic N) is 2. The van der Waals surface area contributed by atoms with Gasteiger partial charge in [-0.15, -0.1) is 0 Å². The minimum Gasteiger partial charge on any atom is -0.314 e. The maximum absolute atomic E-state index is 14.2. The third kappa shape index (κ3) is 3.13. The van der Waals surface area contributed by atoms with Crippen LogP contribution in [0.25, 0.3) is 0 Å². The van der Waals surface area contributed by atoms with Crippen LogP contribution in [0.2, 0.25) is 0 Å². The van der Waals surface area contributed by atoms with Crippen LogP contribution < -0.4 is 5.32 Å². The van der Waals surface area contributed by atoms with Gasteiger partial charge in [0.2, 0.25) is 5.95 Å². The van der Waals surface area contributed by atoms with Crippen LogP contribution in [0.15, 0.2) is 28.9 Å². The molecule has 148 valence electrons. The van der Waals surface area contributed by atoms with Gasteiger partial charge in [-0.3, -0.25) is 0 Å². The van der Waals surface area contributed by atoms with E-state index in [0.717, 1.165) is 6.07 Å². The fourth-order valence-corrected chi connectivity index (χ4v) is 4.53. The van der Waals surface area contributed by atoms with Crippen molar-refractivity contribution in [3.8, 4) is 0 Å². The van der Waals surface area contributed by atoms with Gasteiger partial charge < -0.3 is 10.2 Å². The van der Waals surface area contributed by atoms with Crippen LogP contribution in [-0.2, 0) is 12.6 Å². The standard InChI is InChI=1S/C18H13BrF5N3O/c19-12-7-14(13(20)6-11(12)18(22,23)24)26-17(28)27-8-1-2-15(27)9-3-4-25-16(21)10(9)5-8/h3-4,6-8,15H,1-2,5H2,(H,26,28)/t8-,15+/m0/s1. The highest BCUT2D eigenvalue weighted by atomic mass is 79.9. The number of benzene rings is 1. The maximum Gasteiger partial charge on any atom is 0.417 e. The number of anilines is 1. The lowest BCUT2D eigenvalue weighted by Gasteiger charge is -2.36. The minimum atomic E-state index is -4.73. The predicted octanol–water partition coefficient (Wildman–Crippen LogP) is 5.43. The van der Waals surface area contributed by atoms with Crippen LogP contribution in [0.5, 0.6) is 0 Å². The summed E-state index contributed by atoms with van der Waals surface area (Å²) in [7, 11) is 0. The van der Waals surface area contributed by atoms with Gasteiger partial charge in [0.05, 0.1) is 17.3 Å². The molecule has 1 aromatic carbocycles. The molecule has 1 fully saturated rings. The van der Waals surface area contributed by atoms with Gasteiger partial charge in [-0.05, 0) is 43.0 Å². The number of fused-ring (bicyclic) bond motifs is 4. The monoisotopic (exact) mass is 461 g/mol. The van der Waals surface area contributed by atoms with E-state index in [1.165, 1.54) is 11.1 Å². The lowest BCUT2D eigenvalue weighted by molar-refractivity contribution is -0.138. The molecule has 0 radical (unpaired) electrons. The quantitative estimate of drug-likeness (QED) is 0.454. The first-order valence-corrected chi connectivity index (χ1v) is 9.25. The molecule has 2 aliphatic rings. The summed E-state index contributed by atoms with van der Waals surface area (Å²) < 4.78 is 66.4. The molecule has 0 saturated carbocycles. The third-order valence-electron chi connectivity index (χ3n) is 5.18. The molecule has 0 spiro atoms. The number of carbonyl (C=O) groups is 1. The number of hydrogen-bond donors (Lipinski definition) is 1. The summed E-state index contributed by atoms with van der Waals surface area (Å²) >= 11 is 2.77. The van der Waals surface area contributed by atoms with Crippen molar-refractivity contribution in [3.05, 3.63) is 57.3 Å². The minimum absolute atomic E-state index is 0.280. The molecule has 1 N–H and O–H groups in total. The Kier molecular flexibility index (Phi) is 4.56. The number of urea groups is 1. The second-order valence-electron chi connectivity index (χ2n) is 6.77. The molecule has 2 aliphatic heterocycles. The largest absolute Gasteiger partial charge is 0.417 e. The number of hydrogen-bond acceptors (Lipinski definition) is 2. The Morgan fingerprint density at radius 1 is 1.25 bits per heavy atom. The van der Waals surface area contributed by atoms with E-state index in [1.807, 2.05) is 0 Å². The van der Waals surface area contributed by atoms with Crippen molar-refractivity contribution in [1.29, 1.82) is 0 Å². The summed E-state index contributed by atoms with van der Waals surface area (Å²) in [5.41, 5.74) is -0.401. The number of pyridine rings is 1. The van der Waals surface area contributed by atoms with Crippen molar-refractivity contribution in [1.82, 2.24) is 9.88 Å². The first-order chi connectivity index (χ1) is 13.2. The predicted molar refractivity (Wildman–Crippen MR) is 93.6 cm³/mol. The van der Waals surface area contributed by atoms with E-state index in [4.69, 9.17) is 0 Å². The molecule has 28 heavy (non-hydrogen) atoms. The molecular formula is C18H13BrF5N3O. The summed E-state index contributed by atoms with van der Waals surface area (Å²) in [5.74, 6) is -1.75. The third-order valence-corrected chi connectivity index (χ3v) is 5.84. The molecule has 0 aliphatic carbocycles. The first kappa shape index (κ1) is 19.1. The molecule has 2 aromatic rings. The van der Waals surface area contributed by atoms with Gasteiger partial charge in [0.25, 0.3) is 0 Å². The zero-order valence-corrected chi connectivity index (χ0v) is 15.7. The Hall–Kier alpha value is -2.23. The van der Waals surface area contributed by atoms with Crippen LogP contribution >= 0.6 is 15.9 Å². The average molecular weight is 462 g/mol. The molecule has 10 heteroatoms. The second kappa shape index (κ2) is 6.68. The molecule has 2 atom stereocenters. The molecule has 1 saturated heterocycles. The van der Waals surface area contributed by atoms with Crippen molar-refractivity contribution in [2.75, 3.05) is 5.32 Å². The van der Waals surface area contributed by atoms with Crippen molar-refractivity contribution in [2.45, 2.75) is 37.5 Å². The fourth-order valence-electron chi connectivity index (χ4n) is 3.97. The highest BCUT2D eigenvalue weighted by Crippen LogP contribution is 2.44. The average Bonchev–Trinajstić information content (AvgIpc) is 2.93. The van der Waals surface area contributed by atoms with Gasteiger partial charge in [-0.2, -0.15) is 17.6 Å². The Bertz CT molecular complexity index is 965. The number of rotatable bonds is 1. The molecule has 4 nitrogen and oxygen atoms in total. The topological polar surface area (TPSA) is 45.2 Å². The van der Waals surface area contributed by atoms with Crippen molar-refractivity contribution < 1.29 is 26.7 Å². The number of alkyl halides is 3. The summed E-state index contributed by atoms with van der Waals surface area (Å²) in [6.07, 6.45) is -1.84. The fraction of sp³-hybridized carbons (Fsp3) is 0.333. The molecule has 2 amide bonds. The molecule has 4 rings (SSSR count). The van der Waals surface area contributed by atoms with E-state index in [1.54, 1.807) is 6.07 Å². The first-order valence-electron chi connectivity index (χ1n) is 8.45. The van der Waals surface area contributed by atoms with Gasteiger partial charge in [0.1, 0.15) is 5.82 Å². The Morgan fingerprint density at radius 3 is 2.71 bits per heavy atom. The number of amides is 2. The van der Waals surface area contributed by atoms with Crippen LogP contribution in [0.4, 0.5) is 32.4 Å². The van der Waals surface area contributed by atoms with Gasteiger partial charge in [-0.25, -0.2) is 14.2 Å². The number of nitrogens with one attached hydrogen (secondary N) is 1. The lowest BCUT2D eigenvalue weighted by Crippen LogP contribution is -2.44. The van der Waals surface area contributed by atoms with E-state index in [-0.39, 0.29) is 28.7 Å². The summed E-state index contributed by atoms with van der Waals surface area (Å²) in [6.45, 7) is 0. The number of halogens is 6. The van der Waals surface area contributed by atoms with Crippen molar-refractivity contribution in [2.24, 2.45) is 0 Å². The van der Waals surface area contributed by atoms with E-state index in [0.29, 0.717) is 30.0 Å². The van der Waals surface area contributed by atoms with Gasteiger partial charge >= 0.3 is 12.2 Å². The molecule has 1 aromatic heterocycles. The van der Waals surface area contributed by atoms with Crippen LogP contribution in [-0.4, -0.2) is 22.0 Å². The number of carbonyl (C=O) groups excluding carboxylic acids is 1. The summed E-state index contributed by atoms with van der Waals surface area (Å²) in [4.78, 5) is 17.9. The number of aromatic nitrogens is 1. The summed E-state index contributed by atoms with van der Waals surface area (Å²) in [6, 6.07) is 1.57. The summed E-state index contributed by atoms with van der Waals surface area (Å²) in [5, 5.41) is 2.35. The van der Waals surface area contributed by atoms with Gasteiger partial charge in [0.15, 0.2) is 0 Å². The van der Waals surface area contributed by atoms with Gasteiger partial charge in [0, 0.05) is 22.3 Å². The van der Waals surface area contributed by atoms with E-state index in [2.05, 4.69) is 26.2 Å². The van der Waals surface area contributed by atoms with Crippen molar-refractivity contribution in [3.63, 3.8) is 0 Å². The normalized spacial score (nSPS) is 20.9. The SMILES string of the molecule is O=C(Nc1cc(Br)c(C(F)(F)F)cc1F)N1[C@H]2CC[C@@H]1c1ccnc(F)c1C2. The van der Waals surface area contributed by atoms with E-state index < -0.39 is 29.5 Å². The zero-order chi connectivity index (χ0) is 20.2. The van der Waals surface area contributed by atoms with Crippen LogP contribution in [0.1, 0.15) is 35.6 Å². The Morgan fingerprint density at radius 2 is 2.00 bits per heavy atom. The highest BCUT2D eigenvalue weighted by molar-refractivity contribution is 9.10. The Balaban J connectivity index is 1.61. The van der Waals surface area contributed by atoms with Crippen LogP contribution in [0.3, 0.4) is 0 Å². The maximum atomic E-state index is 14.2. The molecule has 3 heterocycles. The highest BCUT2D eigenvalue weighted by Gasteiger charge is 2.44. The molecule has 0 unspecified atom stereocenters. The lowest BCUT2D eigenvalue weighted by atomic mass is 9.95. The molecule has 2 bridgehead atoms. The van der Waals surface area contributed by atoms with Crippen LogP contribution in [0, 0.1) is 11.8 Å². The van der Waals surface area contributed by atoms with E-state index in [9.17, 15) is 26.7 Å². The zero-order valence-electron chi connectivity index (χ0n) is 14.2. The smallest absolute Gasteiger partial charge is 0.314 e. The van der Waals surface area contributed by atoms with Crippen molar-refractivity contribution >= 4 is 27.6 Å². The van der Waals surface area contributed by atoms with E-state index >= 15 is 0 Å². The second-order valence-corrected chi connectivity index (χ2v) is 7.62. The van der Waals surface area contributed by atoms with Gasteiger partial charge in [-0.1, -0.05) is 15.9 Å². The molecular weight excluding hydrogens is 449 g/mol.